The summed E-state index contributed by atoms with van der Waals surface area (Å²) in [6.07, 6.45) is 1.44. The second-order valence-electron chi connectivity index (χ2n) is 7.63. The molecule has 3 aromatic rings. The molecule has 1 aliphatic heterocycles. The number of benzene rings is 3. The van der Waals surface area contributed by atoms with E-state index >= 15 is 0 Å². The molecule has 34 heavy (non-hydrogen) atoms. The first-order chi connectivity index (χ1) is 16.3. The maximum absolute atomic E-state index is 13.5. The van der Waals surface area contributed by atoms with Crippen LogP contribution in [0.4, 0.5) is 5.69 Å². The summed E-state index contributed by atoms with van der Waals surface area (Å²) in [5.41, 5.74) is 5.14. The molecule has 0 saturated heterocycles. The first-order valence-corrected chi connectivity index (χ1v) is 12.5. The largest absolute Gasteiger partial charge is 0.454 e. The van der Waals surface area contributed by atoms with Crippen LogP contribution in [0.2, 0.25) is 0 Å². The lowest BCUT2D eigenvalue weighted by molar-refractivity contribution is -0.119. The summed E-state index contributed by atoms with van der Waals surface area (Å²) in [7, 11) is -4.00. The summed E-state index contributed by atoms with van der Waals surface area (Å²) >= 11 is 3.43. The van der Waals surface area contributed by atoms with Crippen molar-refractivity contribution in [3.05, 3.63) is 81.8 Å². The van der Waals surface area contributed by atoms with Crippen LogP contribution in [-0.4, -0.2) is 33.9 Å². The third kappa shape index (κ3) is 5.07. The molecule has 4 rings (SSSR count). The third-order valence-corrected chi connectivity index (χ3v) is 7.63. The van der Waals surface area contributed by atoms with Crippen molar-refractivity contribution in [2.75, 3.05) is 17.6 Å². The van der Waals surface area contributed by atoms with E-state index in [0.29, 0.717) is 27.2 Å². The van der Waals surface area contributed by atoms with Crippen molar-refractivity contribution in [3.63, 3.8) is 0 Å². The van der Waals surface area contributed by atoms with Crippen LogP contribution in [0.3, 0.4) is 0 Å². The lowest BCUT2D eigenvalue weighted by Crippen LogP contribution is -2.40. The van der Waals surface area contributed by atoms with Gasteiger partial charge in [0.25, 0.3) is 15.9 Å². The minimum absolute atomic E-state index is 0.0990. The van der Waals surface area contributed by atoms with E-state index in [0.717, 1.165) is 15.4 Å². The zero-order valence-corrected chi connectivity index (χ0v) is 20.9. The van der Waals surface area contributed by atoms with Gasteiger partial charge in [-0.05, 0) is 65.7 Å². The second kappa shape index (κ2) is 9.86. The van der Waals surface area contributed by atoms with Gasteiger partial charge in [0.05, 0.1) is 16.8 Å². The van der Waals surface area contributed by atoms with Crippen molar-refractivity contribution in [2.24, 2.45) is 5.10 Å². The van der Waals surface area contributed by atoms with E-state index in [1.807, 2.05) is 13.0 Å². The molecule has 0 radical (unpaired) electrons. The first kappa shape index (κ1) is 23.8. The van der Waals surface area contributed by atoms with Crippen molar-refractivity contribution in [3.8, 4) is 11.5 Å². The molecule has 0 aromatic heterocycles. The van der Waals surface area contributed by atoms with Crippen LogP contribution < -0.4 is 19.2 Å². The predicted molar refractivity (Wildman–Crippen MR) is 133 cm³/mol. The number of amides is 1. The van der Waals surface area contributed by atoms with Gasteiger partial charge in [0.1, 0.15) is 6.54 Å². The minimum atomic E-state index is -4.00. The third-order valence-electron chi connectivity index (χ3n) is 5.17. The van der Waals surface area contributed by atoms with Crippen molar-refractivity contribution >= 4 is 43.8 Å². The number of carbonyl (C=O) groups is 1. The molecule has 8 nitrogen and oxygen atoms in total. The van der Waals surface area contributed by atoms with Gasteiger partial charge in [-0.1, -0.05) is 35.9 Å². The number of hydrogen-bond donors (Lipinski definition) is 1. The maximum Gasteiger partial charge on any atom is 0.264 e. The average molecular weight is 544 g/mol. The van der Waals surface area contributed by atoms with Crippen LogP contribution in [-0.2, 0) is 14.8 Å². The van der Waals surface area contributed by atoms with Gasteiger partial charge in [-0.25, -0.2) is 13.8 Å². The topological polar surface area (TPSA) is 97.3 Å². The van der Waals surface area contributed by atoms with Gasteiger partial charge in [0.2, 0.25) is 6.79 Å². The molecule has 3 aromatic carbocycles. The van der Waals surface area contributed by atoms with Crippen LogP contribution in [0.15, 0.2) is 75.1 Å². The highest BCUT2D eigenvalue weighted by atomic mass is 79.9. The number of rotatable bonds is 7. The van der Waals surface area contributed by atoms with Gasteiger partial charge < -0.3 is 9.47 Å². The SMILES string of the molecule is Cc1ccc(S(=O)(=O)N(CC(=O)N/N=C\c2cc3c(cc2Br)OCO3)c2ccccc2C)cc1. The fourth-order valence-corrected chi connectivity index (χ4v) is 5.26. The molecule has 176 valence electrons. The lowest BCUT2D eigenvalue weighted by atomic mass is 10.2. The average Bonchev–Trinajstić information content (AvgIpc) is 3.25. The van der Waals surface area contributed by atoms with Gasteiger partial charge >= 0.3 is 0 Å². The monoisotopic (exact) mass is 543 g/mol. The summed E-state index contributed by atoms with van der Waals surface area (Å²) in [6, 6.07) is 17.0. The Labute approximate surface area is 206 Å². The Kier molecular flexibility index (Phi) is 6.90. The summed E-state index contributed by atoms with van der Waals surface area (Å²) < 4.78 is 39.4. The van der Waals surface area contributed by atoms with E-state index in [1.165, 1.54) is 18.3 Å². The van der Waals surface area contributed by atoms with Crippen LogP contribution in [0.25, 0.3) is 0 Å². The summed E-state index contributed by atoms with van der Waals surface area (Å²) in [4.78, 5) is 12.8. The Hall–Kier alpha value is -3.37. The van der Waals surface area contributed by atoms with E-state index in [2.05, 4.69) is 26.5 Å². The molecule has 1 heterocycles. The lowest BCUT2D eigenvalue weighted by Gasteiger charge is -2.25. The highest BCUT2D eigenvalue weighted by Gasteiger charge is 2.28. The van der Waals surface area contributed by atoms with Crippen molar-refractivity contribution < 1.29 is 22.7 Å². The Balaban J connectivity index is 1.56. The molecule has 0 bridgehead atoms. The number of anilines is 1. The number of halogens is 1. The number of para-hydroxylation sites is 1. The first-order valence-electron chi connectivity index (χ1n) is 10.3. The molecular weight excluding hydrogens is 522 g/mol. The van der Waals surface area contributed by atoms with Crippen LogP contribution in [0, 0.1) is 13.8 Å². The van der Waals surface area contributed by atoms with Crippen molar-refractivity contribution in [2.45, 2.75) is 18.7 Å². The number of hydrazone groups is 1. The Morgan fingerprint density at radius 3 is 2.47 bits per heavy atom. The number of nitrogens with one attached hydrogen (secondary N) is 1. The van der Waals surface area contributed by atoms with E-state index in [9.17, 15) is 13.2 Å². The molecule has 0 atom stereocenters. The maximum atomic E-state index is 13.5. The summed E-state index contributed by atoms with van der Waals surface area (Å²) in [6.45, 7) is 3.36. The van der Waals surface area contributed by atoms with Crippen molar-refractivity contribution in [1.82, 2.24) is 5.43 Å². The number of aryl methyl sites for hydroxylation is 2. The normalized spacial score (nSPS) is 12.7. The number of ether oxygens (including phenoxy) is 2. The zero-order valence-electron chi connectivity index (χ0n) is 18.5. The Morgan fingerprint density at radius 1 is 1.09 bits per heavy atom. The molecule has 1 aliphatic rings. The van der Waals surface area contributed by atoms with Gasteiger partial charge in [-0.2, -0.15) is 5.10 Å². The number of carbonyl (C=O) groups excluding carboxylic acids is 1. The highest BCUT2D eigenvalue weighted by Crippen LogP contribution is 2.36. The number of sulfonamides is 1. The molecule has 10 heteroatoms. The fraction of sp³-hybridized carbons (Fsp3) is 0.167. The standard InChI is InChI=1S/C24H22BrN3O5S/c1-16-7-9-19(10-8-16)34(30,31)28(21-6-4-3-5-17(21)2)14-24(29)27-26-13-18-11-22-23(12-20(18)25)33-15-32-22/h3-13H,14-15H2,1-2H3,(H,27,29)/b26-13-. The number of nitrogens with zero attached hydrogens (tertiary/aromatic N) is 2. The predicted octanol–water partition coefficient (Wildman–Crippen LogP) is 4.14. The Morgan fingerprint density at radius 2 is 1.76 bits per heavy atom. The van der Waals surface area contributed by atoms with E-state index in [4.69, 9.17) is 9.47 Å². The van der Waals surface area contributed by atoms with Crippen LogP contribution in [0.1, 0.15) is 16.7 Å². The Bertz CT molecular complexity index is 1360. The fourth-order valence-electron chi connectivity index (χ4n) is 3.35. The van der Waals surface area contributed by atoms with Gasteiger partial charge in [0.15, 0.2) is 11.5 Å². The minimum Gasteiger partial charge on any atom is -0.454 e. The number of hydrogen-bond acceptors (Lipinski definition) is 6. The number of fused-ring (bicyclic) bond motifs is 1. The zero-order chi connectivity index (χ0) is 24.3. The second-order valence-corrected chi connectivity index (χ2v) is 10.3. The van der Waals surface area contributed by atoms with E-state index in [1.54, 1.807) is 49.4 Å². The summed E-state index contributed by atoms with van der Waals surface area (Å²) in [5.74, 6) is 0.598. The van der Waals surface area contributed by atoms with Crippen LogP contribution in [0.5, 0.6) is 11.5 Å². The highest BCUT2D eigenvalue weighted by molar-refractivity contribution is 9.10. The molecule has 1 amide bonds. The molecular formula is C24H22BrN3O5S. The van der Waals surface area contributed by atoms with E-state index in [-0.39, 0.29) is 11.7 Å². The molecule has 0 saturated carbocycles. The molecule has 0 fully saturated rings. The smallest absolute Gasteiger partial charge is 0.264 e. The molecule has 0 spiro atoms. The molecule has 1 N–H and O–H groups in total. The van der Waals surface area contributed by atoms with Gasteiger partial charge in [0, 0.05) is 10.0 Å². The molecule has 0 aliphatic carbocycles. The quantitative estimate of drug-likeness (QED) is 0.356. The summed E-state index contributed by atoms with van der Waals surface area (Å²) in [5, 5.41) is 3.99. The van der Waals surface area contributed by atoms with Gasteiger partial charge in [-0.3, -0.25) is 9.10 Å². The van der Waals surface area contributed by atoms with E-state index < -0.39 is 22.5 Å². The van der Waals surface area contributed by atoms with Crippen molar-refractivity contribution in [1.29, 1.82) is 0 Å². The van der Waals surface area contributed by atoms with Crippen LogP contribution >= 0.6 is 15.9 Å². The molecule has 0 unspecified atom stereocenters. The van der Waals surface area contributed by atoms with Gasteiger partial charge in [-0.15, -0.1) is 0 Å².